The summed E-state index contributed by atoms with van der Waals surface area (Å²) in [5.74, 6) is 12.6. The predicted octanol–water partition coefficient (Wildman–Crippen LogP) is 5.09. The third kappa shape index (κ3) is 6.41. The summed E-state index contributed by atoms with van der Waals surface area (Å²) in [6.45, 7) is 1.54. The Hall–Kier alpha value is -4.26. The van der Waals surface area contributed by atoms with Gasteiger partial charge in [-0.2, -0.15) is 0 Å². The van der Waals surface area contributed by atoms with Gasteiger partial charge in [-0.1, -0.05) is 23.6 Å². The van der Waals surface area contributed by atoms with Gasteiger partial charge in [0, 0.05) is 47.4 Å². The van der Waals surface area contributed by atoms with Crippen molar-refractivity contribution < 1.29 is 14.6 Å². The molecular weight excluding hydrogens is 456 g/mol. The average molecular weight is 481 g/mol. The summed E-state index contributed by atoms with van der Waals surface area (Å²) in [6.07, 6.45) is 3.94. The Morgan fingerprint density at radius 3 is 1.94 bits per heavy atom. The maximum atomic E-state index is 10.8. The predicted molar refractivity (Wildman–Crippen MR) is 138 cm³/mol. The summed E-state index contributed by atoms with van der Waals surface area (Å²) in [6, 6.07) is 19.7. The highest BCUT2D eigenvalue weighted by Crippen LogP contribution is 2.32. The zero-order valence-corrected chi connectivity index (χ0v) is 20.5. The molecule has 4 aromatic rings. The molecule has 0 saturated carbocycles. The average Bonchev–Trinajstić information content (AvgIpc) is 3.42. The molecule has 2 aromatic carbocycles. The lowest BCUT2D eigenvalue weighted by molar-refractivity contribution is -0.139. The van der Waals surface area contributed by atoms with E-state index < -0.39 is 5.97 Å². The van der Waals surface area contributed by atoms with Gasteiger partial charge in [-0.05, 0) is 85.0 Å². The number of nitrogens with zero attached hydrogens (tertiary/aromatic N) is 2. The monoisotopic (exact) mass is 480 g/mol. The fourth-order valence-electron chi connectivity index (χ4n) is 3.38. The Balaban J connectivity index is 1.65. The van der Waals surface area contributed by atoms with Crippen molar-refractivity contribution in [2.75, 3.05) is 6.61 Å². The Kier molecular flexibility index (Phi) is 7.35. The van der Waals surface area contributed by atoms with E-state index in [0.29, 0.717) is 5.75 Å². The maximum absolute atomic E-state index is 10.8. The van der Waals surface area contributed by atoms with E-state index in [1.807, 2.05) is 85.0 Å². The number of aliphatic carboxylic acids is 1. The molecule has 2 heterocycles. The minimum atomic E-state index is -1.000. The van der Waals surface area contributed by atoms with Crippen molar-refractivity contribution in [2.45, 2.75) is 16.7 Å². The van der Waals surface area contributed by atoms with Gasteiger partial charge in [0.25, 0.3) is 0 Å². The summed E-state index contributed by atoms with van der Waals surface area (Å²) in [7, 11) is 3.94. The number of benzene rings is 2. The maximum Gasteiger partial charge on any atom is 0.341 e. The van der Waals surface area contributed by atoms with E-state index in [2.05, 4.69) is 35.8 Å². The molecule has 0 saturated heterocycles. The molecule has 0 radical (unpaired) electrons. The normalized spacial score (nSPS) is 10.1. The Morgan fingerprint density at radius 2 is 1.46 bits per heavy atom. The zero-order valence-electron chi connectivity index (χ0n) is 19.7. The molecule has 0 unspecified atom stereocenters. The van der Waals surface area contributed by atoms with E-state index in [0.717, 1.165) is 37.9 Å². The second-order valence-electron chi connectivity index (χ2n) is 7.97. The molecule has 5 nitrogen and oxygen atoms in total. The fraction of sp³-hybridized carbons (Fsp3) is 0.138. The Morgan fingerprint density at radius 1 is 0.857 bits per heavy atom. The molecule has 0 spiro atoms. The quantitative estimate of drug-likeness (QED) is 0.405. The lowest BCUT2D eigenvalue weighted by Gasteiger charge is -2.09. The molecule has 35 heavy (non-hydrogen) atoms. The van der Waals surface area contributed by atoms with Crippen LogP contribution in [-0.2, 0) is 18.9 Å². The first-order chi connectivity index (χ1) is 16.9. The molecular formula is C29H24N2O3S. The third-order valence-electron chi connectivity index (χ3n) is 5.20. The molecule has 2 aromatic heterocycles. The Labute approximate surface area is 209 Å². The molecule has 0 fully saturated rings. The lowest BCUT2D eigenvalue weighted by Crippen LogP contribution is -2.09. The van der Waals surface area contributed by atoms with Gasteiger partial charge in [0.15, 0.2) is 6.61 Å². The van der Waals surface area contributed by atoms with Gasteiger partial charge in [0.2, 0.25) is 0 Å². The number of hydrogen-bond donors (Lipinski definition) is 1. The van der Waals surface area contributed by atoms with Crippen LogP contribution in [0.1, 0.15) is 28.1 Å². The van der Waals surface area contributed by atoms with Crippen LogP contribution in [0, 0.1) is 30.6 Å². The highest BCUT2D eigenvalue weighted by atomic mass is 32.2. The minimum absolute atomic E-state index is 0.363. The standard InChI is InChI=1S/C29H24N2O3S/c1-21-16-26(12-13-28(21)34-20-29(32)33)35-27-18-22(8-10-24-6-4-14-30(24)2)17-23(19-27)9-11-25-7-5-15-31(25)3/h4-7,12-19H,20H2,1-3H3,(H,32,33). The number of hydrogen-bond acceptors (Lipinski definition) is 3. The summed E-state index contributed by atoms with van der Waals surface area (Å²) < 4.78 is 9.32. The van der Waals surface area contributed by atoms with E-state index in [9.17, 15) is 4.79 Å². The largest absolute Gasteiger partial charge is 0.482 e. The van der Waals surface area contributed by atoms with Crippen molar-refractivity contribution in [2.24, 2.45) is 14.1 Å². The number of aromatic nitrogens is 2. The van der Waals surface area contributed by atoms with Gasteiger partial charge in [0.05, 0.1) is 11.4 Å². The van der Waals surface area contributed by atoms with Crippen LogP contribution in [0.25, 0.3) is 0 Å². The summed E-state index contributed by atoms with van der Waals surface area (Å²) in [5.41, 5.74) is 4.51. The van der Waals surface area contributed by atoms with E-state index in [1.165, 1.54) is 0 Å². The van der Waals surface area contributed by atoms with Crippen molar-refractivity contribution in [3.05, 3.63) is 101 Å². The fourth-order valence-corrected chi connectivity index (χ4v) is 4.40. The molecule has 0 aliphatic rings. The van der Waals surface area contributed by atoms with Crippen molar-refractivity contribution >= 4 is 17.7 Å². The molecule has 6 heteroatoms. The first-order valence-electron chi connectivity index (χ1n) is 10.9. The Bertz CT molecular complexity index is 1430. The molecule has 0 amide bonds. The van der Waals surface area contributed by atoms with Gasteiger partial charge in [-0.15, -0.1) is 0 Å². The van der Waals surface area contributed by atoms with E-state index >= 15 is 0 Å². The smallest absolute Gasteiger partial charge is 0.341 e. The van der Waals surface area contributed by atoms with Gasteiger partial charge in [0.1, 0.15) is 5.75 Å². The first-order valence-corrected chi connectivity index (χ1v) is 11.7. The zero-order chi connectivity index (χ0) is 24.8. The highest BCUT2D eigenvalue weighted by Gasteiger charge is 2.07. The number of carboxylic acid groups (broad SMARTS) is 1. The molecule has 0 aliphatic carbocycles. The molecule has 0 atom stereocenters. The summed E-state index contributed by atoms with van der Waals surface area (Å²) >= 11 is 1.60. The SMILES string of the molecule is Cc1cc(Sc2cc(C#Cc3cccn3C)cc(C#Cc3cccn3C)c2)ccc1OCC(=O)O. The molecule has 174 valence electrons. The van der Waals surface area contributed by atoms with Crippen LogP contribution in [-0.4, -0.2) is 26.8 Å². The van der Waals surface area contributed by atoms with Crippen molar-refractivity contribution in [3.8, 4) is 29.4 Å². The number of aryl methyl sites for hydroxylation is 3. The number of carboxylic acids is 1. The van der Waals surface area contributed by atoms with Crippen LogP contribution < -0.4 is 4.74 Å². The number of ether oxygens (including phenoxy) is 1. The van der Waals surface area contributed by atoms with Gasteiger partial charge in [-0.25, -0.2) is 4.79 Å². The number of rotatable bonds is 5. The van der Waals surface area contributed by atoms with Gasteiger partial charge in [-0.3, -0.25) is 0 Å². The molecule has 0 aliphatic heterocycles. The molecule has 1 N–H and O–H groups in total. The number of carbonyl (C=O) groups is 1. The topological polar surface area (TPSA) is 56.4 Å². The minimum Gasteiger partial charge on any atom is -0.482 e. The van der Waals surface area contributed by atoms with Crippen molar-refractivity contribution in [1.29, 1.82) is 0 Å². The molecule has 0 bridgehead atoms. The van der Waals surface area contributed by atoms with Crippen LogP contribution in [0.3, 0.4) is 0 Å². The first kappa shape index (κ1) is 23.9. The van der Waals surface area contributed by atoms with Crippen molar-refractivity contribution in [3.63, 3.8) is 0 Å². The van der Waals surface area contributed by atoms with Gasteiger partial charge >= 0.3 is 5.97 Å². The third-order valence-corrected chi connectivity index (χ3v) is 6.16. The van der Waals surface area contributed by atoms with E-state index in [1.54, 1.807) is 17.8 Å². The van der Waals surface area contributed by atoms with E-state index in [-0.39, 0.29) is 6.61 Å². The summed E-state index contributed by atoms with van der Waals surface area (Å²) in [5, 5.41) is 8.85. The van der Waals surface area contributed by atoms with Crippen LogP contribution in [0.15, 0.2) is 82.8 Å². The van der Waals surface area contributed by atoms with Gasteiger partial charge < -0.3 is 19.0 Å². The second kappa shape index (κ2) is 10.8. The van der Waals surface area contributed by atoms with Crippen LogP contribution in [0.2, 0.25) is 0 Å². The molecule has 4 rings (SSSR count). The highest BCUT2D eigenvalue weighted by molar-refractivity contribution is 7.99. The second-order valence-corrected chi connectivity index (χ2v) is 9.11. The lowest BCUT2D eigenvalue weighted by atomic mass is 10.1. The van der Waals surface area contributed by atoms with Crippen LogP contribution >= 0.6 is 11.8 Å². The van der Waals surface area contributed by atoms with Crippen LogP contribution in [0.5, 0.6) is 5.75 Å². The summed E-state index contributed by atoms with van der Waals surface area (Å²) in [4.78, 5) is 12.8. The van der Waals surface area contributed by atoms with Crippen molar-refractivity contribution in [1.82, 2.24) is 9.13 Å². The van der Waals surface area contributed by atoms with Crippen LogP contribution in [0.4, 0.5) is 0 Å². The van der Waals surface area contributed by atoms with E-state index in [4.69, 9.17) is 9.84 Å².